The van der Waals surface area contributed by atoms with E-state index in [1.165, 1.54) is 7.11 Å². The number of rotatable bonds is 6. The van der Waals surface area contributed by atoms with Gasteiger partial charge < -0.3 is 40.6 Å². The number of nitrogens with zero attached hydrogens (tertiary/aromatic N) is 3. The van der Waals surface area contributed by atoms with E-state index < -0.39 is 12.2 Å². The van der Waals surface area contributed by atoms with Gasteiger partial charge in [0.15, 0.2) is 0 Å². The standard InChI is InChI=1S/C31H31Br2N7O5/c1-44-31(43)45-20-6-7-24-25(15-20)36-28(35-24)26(14-17-12-21(32)27(34)22(33)13-17)38-29(41)39-10-8-19(9-11-39)40-16-18-4-2-3-5-23(18)37-30(40)42/h2-7,12-13,15,19,26H,8-11,14,16,34H2,1H3,(H,35,36)(H,37,42)(H,38,41)/t26-/m1/s1. The SMILES string of the molecule is COC(=O)Oc1ccc2nc([C@@H](Cc3cc(Br)c(N)c(Br)c3)NC(=O)N3CCC(N4Cc5ccccc5NC4=O)CC3)[nH]c2c1. The van der Waals surface area contributed by atoms with Gasteiger partial charge in [0.25, 0.3) is 0 Å². The van der Waals surface area contributed by atoms with Gasteiger partial charge in [0.05, 0.1) is 29.9 Å². The average molecular weight is 741 g/mol. The highest BCUT2D eigenvalue weighted by Gasteiger charge is 2.33. The number of imidazole rings is 1. The summed E-state index contributed by atoms with van der Waals surface area (Å²) in [5.41, 5.74) is 10.8. The first-order valence-electron chi connectivity index (χ1n) is 14.4. The van der Waals surface area contributed by atoms with Gasteiger partial charge in [-0.25, -0.2) is 19.4 Å². The van der Waals surface area contributed by atoms with Crippen molar-refractivity contribution in [1.82, 2.24) is 25.1 Å². The van der Waals surface area contributed by atoms with Gasteiger partial charge in [-0.05, 0) is 86.2 Å². The summed E-state index contributed by atoms with van der Waals surface area (Å²) in [5.74, 6) is 0.835. The average Bonchev–Trinajstić information content (AvgIpc) is 3.46. The van der Waals surface area contributed by atoms with Crippen molar-refractivity contribution < 1.29 is 23.9 Å². The van der Waals surface area contributed by atoms with E-state index in [9.17, 15) is 14.4 Å². The molecule has 1 atom stereocenters. The number of likely N-dealkylation sites (tertiary alicyclic amines) is 1. The van der Waals surface area contributed by atoms with Gasteiger partial charge in [0.1, 0.15) is 11.6 Å². The number of nitrogens with two attached hydrogens (primary N) is 1. The third-order valence-corrected chi connectivity index (χ3v) is 9.41. The van der Waals surface area contributed by atoms with Gasteiger partial charge in [0, 0.05) is 52.8 Å². The van der Waals surface area contributed by atoms with E-state index in [2.05, 4.69) is 52.2 Å². The number of aromatic nitrogens is 2. The number of H-pyrrole nitrogens is 1. The Morgan fingerprint density at radius 1 is 1.11 bits per heavy atom. The van der Waals surface area contributed by atoms with E-state index in [0.29, 0.717) is 67.2 Å². The second-order valence-electron chi connectivity index (χ2n) is 11.0. The van der Waals surface area contributed by atoms with E-state index in [1.807, 2.05) is 41.3 Å². The van der Waals surface area contributed by atoms with E-state index in [-0.39, 0.29) is 18.1 Å². The third-order valence-electron chi connectivity index (χ3n) is 8.10. The number of halogens is 2. The van der Waals surface area contributed by atoms with Gasteiger partial charge >= 0.3 is 18.2 Å². The number of ether oxygens (including phenoxy) is 2. The number of methoxy groups -OCH3 is 1. The second kappa shape index (κ2) is 13.0. The minimum atomic E-state index is -0.826. The molecule has 2 aliphatic heterocycles. The molecule has 3 heterocycles. The van der Waals surface area contributed by atoms with Crippen molar-refractivity contribution in [2.24, 2.45) is 0 Å². The molecule has 0 bridgehead atoms. The Kier molecular flexibility index (Phi) is 8.85. The Morgan fingerprint density at radius 3 is 2.58 bits per heavy atom. The molecule has 234 valence electrons. The molecule has 0 spiro atoms. The lowest BCUT2D eigenvalue weighted by Crippen LogP contribution is -2.53. The summed E-state index contributed by atoms with van der Waals surface area (Å²) in [6.07, 6.45) is 0.921. The van der Waals surface area contributed by atoms with E-state index in [0.717, 1.165) is 25.8 Å². The lowest BCUT2D eigenvalue weighted by atomic mass is 10.0. The monoisotopic (exact) mass is 739 g/mol. The second-order valence-corrected chi connectivity index (χ2v) is 12.7. The summed E-state index contributed by atoms with van der Waals surface area (Å²) in [6.45, 7) is 1.55. The van der Waals surface area contributed by atoms with Crippen molar-refractivity contribution in [3.63, 3.8) is 0 Å². The van der Waals surface area contributed by atoms with Crippen molar-refractivity contribution >= 4 is 72.5 Å². The summed E-state index contributed by atoms with van der Waals surface area (Å²) in [7, 11) is 1.24. The maximum atomic E-state index is 13.7. The molecule has 1 fully saturated rings. The lowest BCUT2D eigenvalue weighted by molar-refractivity contribution is 0.121. The molecule has 14 heteroatoms. The zero-order valence-electron chi connectivity index (χ0n) is 24.3. The Labute approximate surface area is 275 Å². The normalized spacial score (nSPS) is 15.8. The van der Waals surface area contributed by atoms with Crippen LogP contribution in [0.2, 0.25) is 0 Å². The van der Waals surface area contributed by atoms with Gasteiger partial charge in [0.2, 0.25) is 0 Å². The molecular formula is C31H31Br2N7O5. The van der Waals surface area contributed by atoms with Gasteiger partial charge in [-0.3, -0.25) is 0 Å². The predicted molar refractivity (Wildman–Crippen MR) is 176 cm³/mol. The number of nitrogens with one attached hydrogen (secondary N) is 3. The first kappa shape index (κ1) is 30.7. The largest absolute Gasteiger partial charge is 0.513 e. The number of para-hydroxylation sites is 1. The highest BCUT2D eigenvalue weighted by Crippen LogP contribution is 2.32. The fourth-order valence-corrected chi connectivity index (χ4v) is 7.00. The van der Waals surface area contributed by atoms with Crippen LogP contribution in [0, 0.1) is 0 Å². The third kappa shape index (κ3) is 6.71. The van der Waals surface area contributed by atoms with Gasteiger partial charge in [-0.2, -0.15) is 0 Å². The highest BCUT2D eigenvalue weighted by atomic mass is 79.9. The van der Waals surface area contributed by atoms with E-state index in [4.69, 9.17) is 15.5 Å². The number of piperidine rings is 1. The number of amides is 4. The van der Waals surface area contributed by atoms with Crippen LogP contribution in [0.25, 0.3) is 11.0 Å². The quantitative estimate of drug-likeness (QED) is 0.102. The topological polar surface area (TPSA) is 155 Å². The molecule has 2 aliphatic rings. The molecule has 12 nitrogen and oxygen atoms in total. The van der Waals surface area contributed by atoms with Crippen LogP contribution in [0.4, 0.5) is 25.8 Å². The van der Waals surface area contributed by atoms with Crippen LogP contribution >= 0.6 is 31.9 Å². The fraction of sp³-hybridized carbons (Fsp3) is 0.290. The molecule has 4 amide bonds. The lowest BCUT2D eigenvalue weighted by Gasteiger charge is -2.40. The van der Waals surface area contributed by atoms with Gasteiger partial charge in [-0.1, -0.05) is 18.2 Å². The van der Waals surface area contributed by atoms with Crippen LogP contribution in [0.5, 0.6) is 5.75 Å². The zero-order chi connectivity index (χ0) is 31.7. The molecule has 45 heavy (non-hydrogen) atoms. The number of fused-ring (bicyclic) bond motifs is 2. The Hall–Kier alpha value is -4.30. The number of aromatic amines is 1. The number of anilines is 2. The predicted octanol–water partition coefficient (Wildman–Crippen LogP) is 6.32. The Balaban J connectivity index is 1.18. The molecule has 1 saturated heterocycles. The molecule has 1 aromatic heterocycles. The van der Waals surface area contributed by atoms with Crippen LogP contribution in [-0.4, -0.2) is 64.2 Å². The summed E-state index contributed by atoms with van der Waals surface area (Å²) >= 11 is 7.02. The smallest absolute Gasteiger partial charge is 0.437 e. The first-order valence-corrected chi connectivity index (χ1v) is 16.0. The number of benzene rings is 3. The molecule has 0 aliphatic carbocycles. The highest BCUT2D eigenvalue weighted by molar-refractivity contribution is 9.11. The minimum Gasteiger partial charge on any atom is -0.437 e. The molecule has 6 rings (SSSR count). The minimum absolute atomic E-state index is 0.0273. The Bertz CT molecular complexity index is 1750. The number of hydrogen-bond acceptors (Lipinski definition) is 7. The van der Waals surface area contributed by atoms with Crippen molar-refractivity contribution in [3.8, 4) is 5.75 Å². The zero-order valence-corrected chi connectivity index (χ0v) is 27.5. The van der Waals surface area contributed by atoms with Crippen molar-refractivity contribution in [2.75, 3.05) is 31.2 Å². The molecule has 4 aromatic rings. The molecule has 0 radical (unpaired) electrons. The maximum Gasteiger partial charge on any atom is 0.513 e. The van der Waals surface area contributed by atoms with E-state index in [1.54, 1.807) is 23.1 Å². The summed E-state index contributed by atoms with van der Waals surface area (Å²) < 4.78 is 11.2. The number of nitrogen functional groups attached to an aromatic ring is 1. The van der Waals surface area contributed by atoms with Crippen molar-refractivity contribution in [1.29, 1.82) is 0 Å². The van der Waals surface area contributed by atoms with Crippen LogP contribution in [0.15, 0.2) is 63.5 Å². The number of hydrogen-bond donors (Lipinski definition) is 4. The number of carbonyl (C=O) groups is 3. The first-order chi connectivity index (χ1) is 21.7. The van der Waals surface area contributed by atoms with Gasteiger partial charge in [-0.15, -0.1) is 0 Å². The summed E-state index contributed by atoms with van der Waals surface area (Å²) in [6, 6.07) is 15.8. The molecular weight excluding hydrogens is 710 g/mol. The summed E-state index contributed by atoms with van der Waals surface area (Å²) in [5, 5.41) is 6.16. The fourth-order valence-electron chi connectivity index (χ4n) is 5.72. The van der Waals surface area contributed by atoms with Crippen molar-refractivity contribution in [3.05, 3.63) is 80.5 Å². The van der Waals surface area contributed by atoms with Crippen molar-refractivity contribution in [2.45, 2.75) is 37.9 Å². The van der Waals surface area contributed by atoms with Crippen LogP contribution in [0.3, 0.4) is 0 Å². The molecule has 5 N–H and O–H groups in total. The Morgan fingerprint density at radius 2 is 1.84 bits per heavy atom. The van der Waals surface area contributed by atoms with E-state index >= 15 is 0 Å². The van der Waals surface area contributed by atoms with Crippen LogP contribution in [-0.2, 0) is 17.7 Å². The van der Waals surface area contributed by atoms with Crippen LogP contribution < -0.4 is 21.1 Å². The summed E-state index contributed by atoms with van der Waals surface area (Å²) in [4.78, 5) is 49.8. The number of urea groups is 2. The molecule has 0 saturated carbocycles. The van der Waals surface area contributed by atoms with Crippen LogP contribution in [0.1, 0.15) is 35.8 Å². The molecule has 0 unspecified atom stereocenters. The number of carbonyl (C=O) groups excluding carboxylic acids is 3. The maximum absolute atomic E-state index is 13.7. The molecule has 3 aromatic carbocycles.